The van der Waals surface area contributed by atoms with Crippen LogP contribution in [0.3, 0.4) is 0 Å². The van der Waals surface area contributed by atoms with Crippen LogP contribution >= 0.6 is 0 Å². The molecule has 2 N–H and O–H groups in total. The van der Waals surface area contributed by atoms with E-state index in [2.05, 4.69) is 40.5 Å². The monoisotopic (exact) mass is 391 g/mol. The third kappa shape index (κ3) is 7.56. The van der Waals surface area contributed by atoms with Crippen LogP contribution in [0.1, 0.15) is 18.9 Å². The highest BCUT2D eigenvalue weighted by Gasteiger charge is 2.11. The Balaban J connectivity index is 1.79. The molecule has 0 bridgehead atoms. The zero-order chi connectivity index (χ0) is 20.2. The number of hydrogen-bond donors (Lipinski definition) is 2. The topological polar surface area (TPSA) is 61.4 Å². The van der Waals surface area contributed by atoms with Crippen molar-refractivity contribution in [3.05, 3.63) is 23.8 Å². The van der Waals surface area contributed by atoms with Crippen LogP contribution in [0.5, 0.6) is 11.5 Å². The van der Waals surface area contributed by atoms with Crippen molar-refractivity contribution in [2.24, 2.45) is 4.99 Å². The van der Waals surface area contributed by atoms with Crippen LogP contribution in [-0.2, 0) is 6.42 Å². The van der Waals surface area contributed by atoms with Gasteiger partial charge >= 0.3 is 0 Å². The maximum atomic E-state index is 5.38. The molecule has 0 amide bonds. The summed E-state index contributed by atoms with van der Waals surface area (Å²) in [6, 6.07) is 6.05. The molecule has 1 aromatic rings. The van der Waals surface area contributed by atoms with E-state index in [1.54, 1.807) is 14.2 Å². The molecule has 0 aliphatic carbocycles. The van der Waals surface area contributed by atoms with Gasteiger partial charge in [-0.25, -0.2) is 0 Å². The molecule has 28 heavy (non-hydrogen) atoms. The molecule has 0 atom stereocenters. The number of nitrogens with one attached hydrogen (secondary N) is 2. The van der Waals surface area contributed by atoms with Crippen LogP contribution in [0.4, 0.5) is 0 Å². The van der Waals surface area contributed by atoms with E-state index in [0.717, 1.165) is 63.1 Å². The van der Waals surface area contributed by atoms with Crippen molar-refractivity contribution >= 4 is 5.96 Å². The van der Waals surface area contributed by atoms with Crippen LogP contribution in [0.25, 0.3) is 0 Å². The first kappa shape index (κ1) is 22.3. The van der Waals surface area contributed by atoms with E-state index in [1.807, 2.05) is 12.1 Å². The van der Waals surface area contributed by atoms with Crippen molar-refractivity contribution < 1.29 is 9.47 Å². The molecule has 1 heterocycles. The van der Waals surface area contributed by atoms with Gasteiger partial charge in [-0.15, -0.1) is 0 Å². The van der Waals surface area contributed by atoms with E-state index in [9.17, 15) is 0 Å². The van der Waals surface area contributed by atoms with Gasteiger partial charge in [0.2, 0.25) is 0 Å². The van der Waals surface area contributed by atoms with E-state index in [4.69, 9.17) is 14.5 Å². The minimum absolute atomic E-state index is 0.758. The molecule has 1 saturated heterocycles. The summed E-state index contributed by atoms with van der Waals surface area (Å²) in [6.45, 7) is 10.2. The van der Waals surface area contributed by atoms with Gasteiger partial charge in [-0.05, 0) is 57.6 Å². The number of nitrogens with zero attached hydrogens (tertiary/aromatic N) is 3. The van der Waals surface area contributed by atoms with Crippen LogP contribution in [0.15, 0.2) is 23.2 Å². The largest absolute Gasteiger partial charge is 0.493 e. The fraction of sp³-hybridized carbons (Fsp3) is 0.667. The van der Waals surface area contributed by atoms with Crippen molar-refractivity contribution in [2.45, 2.75) is 19.8 Å². The highest BCUT2D eigenvalue weighted by molar-refractivity contribution is 5.79. The highest BCUT2D eigenvalue weighted by atomic mass is 16.5. The third-order valence-electron chi connectivity index (χ3n) is 5.00. The second-order valence-electron chi connectivity index (χ2n) is 7.13. The predicted octanol–water partition coefficient (Wildman–Crippen LogP) is 1.44. The summed E-state index contributed by atoms with van der Waals surface area (Å²) in [5.41, 5.74) is 1.20. The van der Waals surface area contributed by atoms with Gasteiger partial charge in [-0.1, -0.05) is 6.07 Å². The standard InChI is InChI=1S/C21H37N5O2/c1-5-22-21(24-11-14-26-13-6-12-25(2)15-16-26)23-10-9-18-7-8-19(27-3)20(17-18)28-4/h7-8,17H,5-6,9-16H2,1-4H3,(H2,22,23,24). The van der Waals surface area contributed by atoms with Crippen molar-refractivity contribution in [1.82, 2.24) is 20.4 Å². The average Bonchev–Trinajstić information content (AvgIpc) is 2.92. The molecule has 0 radical (unpaired) electrons. The fourth-order valence-corrected chi connectivity index (χ4v) is 3.33. The van der Waals surface area contributed by atoms with Gasteiger partial charge < -0.3 is 29.9 Å². The summed E-state index contributed by atoms with van der Waals surface area (Å²) < 4.78 is 10.7. The van der Waals surface area contributed by atoms with Crippen LogP contribution in [0, 0.1) is 0 Å². The number of ether oxygens (including phenoxy) is 2. The smallest absolute Gasteiger partial charge is 0.191 e. The minimum Gasteiger partial charge on any atom is -0.493 e. The lowest BCUT2D eigenvalue weighted by atomic mass is 10.1. The van der Waals surface area contributed by atoms with E-state index < -0.39 is 0 Å². The number of hydrogen-bond acceptors (Lipinski definition) is 5. The van der Waals surface area contributed by atoms with Gasteiger partial charge in [0, 0.05) is 32.7 Å². The SMILES string of the molecule is CCNC(=NCCN1CCCN(C)CC1)NCCc1ccc(OC)c(OC)c1. The van der Waals surface area contributed by atoms with E-state index in [0.29, 0.717) is 0 Å². The summed E-state index contributed by atoms with van der Waals surface area (Å²) in [7, 11) is 5.52. The summed E-state index contributed by atoms with van der Waals surface area (Å²) in [5, 5.41) is 6.77. The molecule has 0 aromatic heterocycles. The lowest BCUT2D eigenvalue weighted by Crippen LogP contribution is -2.39. The molecule has 7 nitrogen and oxygen atoms in total. The predicted molar refractivity (Wildman–Crippen MR) is 116 cm³/mol. The summed E-state index contributed by atoms with van der Waals surface area (Å²) in [4.78, 5) is 9.66. The summed E-state index contributed by atoms with van der Waals surface area (Å²) in [5.74, 6) is 2.41. The number of methoxy groups -OCH3 is 2. The van der Waals surface area contributed by atoms with Crippen LogP contribution in [0.2, 0.25) is 0 Å². The first-order chi connectivity index (χ1) is 13.7. The molecule has 1 aromatic carbocycles. The minimum atomic E-state index is 0.758. The number of guanidine groups is 1. The Morgan fingerprint density at radius 3 is 2.64 bits per heavy atom. The molecule has 7 heteroatoms. The average molecular weight is 392 g/mol. The molecule has 0 saturated carbocycles. The van der Waals surface area contributed by atoms with Gasteiger partial charge in [0.15, 0.2) is 17.5 Å². The van der Waals surface area contributed by atoms with E-state index >= 15 is 0 Å². The normalized spacial score (nSPS) is 16.5. The fourth-order valence-electron chi connectivity index (χ4n) is 3.33. The van der Waals surface area contributed by atoms with Crippen molar-refractivity contribution in [3.8, 4) is 11.5 Å². The number of benzene rings is 1. The Morgan fingerprint density at radius 1 is 1.07 bits per heavy atom. The second-order valence-corrected chi connectivity index (χ2v) is 7.13. The quantitative estimate of drug-likeness (QED) is 0.491. The number of likely N-dealkylation sites (N-methyl/N-ethyl adjacent to an activating group) is 1. The number of rotatable bonds is 9. The molecular weight excluding hydrogens is 354 g/mol. The van der Waals surface area contributed by atoms with E-state index in [-0.39, 0.29) is 0 Å². The Bertz CT molecular complexity index is 608. The molecule has 0 unspecified atom stereocenters. The molecule has 0 spiro atoms. The number of aliphatic imine (C=N–C) groups is 1. The summed E-state index contributed by atoms with van der Waals surface area (Å²) in [6.07, 6.45) is 2.13. The van der Waals surface area contributed by atoms with Crippen molar-refractivity contribution in [2.75, 3.05) is 73.6 Å². The lowest BCUT2D eigenvalue weighted by Gasteiger charge is -2.19. The van der Waals surface area contributed by atoms with Crippen LogP contribution in [-0.4, -0.2) is 89.4 Å². The Morgan fingerprint density at radius 2 is 1.89 bits per heavy atom. The Hall–Kier alpha value is -1.99. The Kier molecular flexibility index (Phi) is 9.93. The lowest BCUT2D eigenvalue weighted by molar-refractivity contribution is 0.283. The van der Waals surface area contributed by atoms with Crippen LogP contribution < -0.4 is 20.1 Å². The zero-order valence-corrected chi connectivity index (χ0v) is 18.0. The van der Waals surface area contributed by atoms with E-state index in [1.165, 1.54) is 25.1 Å². The maximum absolute atomic E-state index is 5.38. The van der Waals surface area contributed by atoms with Gasteiger partial charge in [0.1, 0.15) is 0 Å². The van der Waals surface area contributed by atoms with Gasteiger partial charge in [-0.3, -0.25) is 4.99 Å². The van der Waals surface area contributed by atoms with Gasteiger partial charge in [-0.2, -0.15) is 0 Å². The Labute approximate surface area is 170 Å². The molecule has 158 valence electrons. The molecule has 1 aliphatic rings. The van der Waals surface area contributed by atoms with Crippen molar-refractivity contribution in [3.63, 3.8) is 0 Å². The summed E-state index contributed by atoms with van der Waals surface area (Å²) >= 11 is 0. The molecule has 1 fully saturated rings. The van der Waals surface area contributed by atoms with Gasteiger partial charge in [0.25, 0.3) is 0 Å². The van der Waals surface area contributed by atoms with Gasteiger partial charge in [0.05, 0.1) is 20.8 Å². The first-order valence-corrected chi connectivity index (χ1v) is 10.3. The second kappa shape index (κ2) is 12.5. The first-order valence-electron chi connectivity index (χ1n) is 10.3. The molecule has 2 rings (SSSR count). The zero-order valence-electron chi connectivity index (χ0n) is 18.0. The van der Waals surface area contributed by atoms with Crippen molar-refractivity contribution in [1.29, 1.82) is 0 Å². The third-order valence-corrected chi connectivity index (χ3v) is 5.00. The molecular formula is C21H37N5O2. The highest BCUT2D eigenvalue weighted by Crippen LogP contribution is 2.27. The molecule has 1 aliphatic heterocycles. The maximum Gasteiger partial charge on any atom is 0.191 e.